The number of carboxylic acids is 1. The molecule has 0 radical (unpaired) electrons. The molecule has 1 heterocycles. The number of aliphatic carboxylic acids is 1. The van der Waals surface area contributed by atoms with E-state index in [-0.39, 0.29) is 13.1 Å². The summed E-state index contributed by atoms with van der Waals surface area (Å²) >= 11 is 0. The molecule has 0 atom stereocenters. The summed E-state index contributed by atoms with van der Waals surface area (Å²) in [6, 6.07) is 0.640. The Hall–Kier alpha value is -0.700. The van der Waals surface area contributed by atoms with Gasteiger partial charge in [0, 0.05) is 25.7 Å². The standard InChI is InChI=1S/C12H23N3O4S/c16-12(17)10-4-8-15(9-5-10)20(18,19)14-7-1-6-13-11-2-3-11/h10-11,13-14H,1-9H2,(H,16,17). The zero-order valence-corrected chi connectivity index (χ0v) is 12.4. The molecule has 0 bridgehead atoms. The van der Waals surface area contributed by atoms with Crippen molar-refractivity contribution < 1.29 is 18.3 Å². The first kappa shape index (κ1) is 15.7. The Labute approximate surface area is 119 Å². The Morgan fingerprint density at radius 2 is 1.80 bits per heavy atom. The predicted octanol–water partition coefficient (Wildman–Crippen LogP) is -0.240. The molecule has 20 heavy (non-hydrogen) atoms. The maximum Gasteiger partial charge on any atom is 0.306 e. The lowest BCUT2D eigenvalue weighted by molar-refractivity contribution is -0.142. The van der Waals surface area contributed by atoms with Crippen LogP contribution in [0.5, 0.6) is 0 Å². The van der Waals surface area contributed by atoms with Crippen LogP contribution in [0.1, 0.15) is 32.1 Å². The number of carboxylic acid groups (broad SMARTS) is 1. The van der Waals surface area contributed by atoms with Crippen LogP contribution < -0.4 is 10.0 Å². The monoisotopic (exact) mass is 305 g/mol. The van der Waals surface area contributed by atoms with Gasteiger partial charge in [-0.3, -0.25) is 4.79 Å². The highest BCUT2D eigenvalue weighted by atomic mass is 32.2. The SMILES string of the molecule is O=C(O)C1CCN(S(=O)(=O)NCCCNC2CC2)CC1. The molecule has 0 spiro atoms. The third kappa shape index (κ3) is 4.69. The van der Waals surface area contributed by atoms with E-state index < -0.39 is 22.1 Å². The van der Waals surface area contributed by atoms with Crippen LogP contribution in [0.4, 0.5) is 0 Å². The van der Waals surface area contributed by atoms with Crippen molar-refractivity contribution in [3.05, 3.63) is 0 Å². The third-order valence-corrected chi connectivity index (χ3v) is 5.41. The summed E-state index contributed by atoms with van der Waals surface area (Å²) < 4.78 is 28.0. The highest BCUT2D eigenvalue weighted by Crippen LogP contribution is 2.19. The molecule has 7 nitrogen and oxygen atoms in total. The number of nitrogens with zero attached hydrogens (tertiary/aromatic N) is 1. The van der Waals surface area contributed by atoms with Crippen LogP contribution in [0.15, 0.2) is 0 Å². The highest BCUT2D eigenvalue weighted by Gasteiger charge is 2.30. The van der Waals surface area contributed by atoms with E-state index in [0.717, 1.165) is 13.0 Å². The Kier molecular flexibility index (Phi) is 5.36. The number of hydrogen-bond acceptors (Lipinski definition) is 4. The second-order valence-corrected chi connectivity index (χ2v) is 7.25. The Morgan fingerprint density at radius 3 is 2.35 bits per heavy atom. The summed E-state index contributed by atoms with van der Waals surface area (Å²) in [5.41, 5.74) is 0. The van der Waals surface area contributed by atoms with Gasteiger partial charge in [0.05, 0.1) is 5.92 Å². The predicted molar refractivity (Wildman–Crippen MR) is 74.5 cm³/mol. The van der Waals surface area contributed by atoms with Crippen LogP contribution in [0.25, 0.3) is 0 Å². The van der Waals surface area contributed by atoms with Crippen molar-refractivity contribution in [2.24, 2.45) is 5.92 Å². The normalized spacial score (nSPS) is 22.0. The molecule has 1 aliphatic carbocycles. The minimum absolute atomic E-state index is 0.284. The quantitative estimate of drug-likeness (QED) is 0.538. The van der Waals surface area contributed by atoms with Crippen molar-refractivity contribution in [2.45, 2.75) is 38.1 Å². The van der Waals surface area contributed by atoms with Gasteiger partial charge < -0.3 is 10.4 Å². The van der Waals surface area contributed by atoms with E-state index in [1.165, 1.54) is 17.1 Å². The Bertz CT molecular complexity index is 428. The van der Waals surface area contributed by atoms with Crippen LogP contribution in [0, 0.1) is 5.92 Å². The summed E-state index contributed by atoms with van der Waals surface area (Å²) in [6.07, 6.45) is 3.99. The second-order valence-electron chi connectivity index (χ2n) is 5.49. The molecule has 2 aliphatic rings. The van der Waals surface area contributed by atoms with Crippen LogP contribution in [0.3, 0.4) is 0 Å². The number of carbonyl (C=O) groups is 1. The fourth-order valence-electron chi connectivity index (χ4n) is 2.32. The molecule has 0 amide bonds. The lowest BCUT2D eigenvalue weighted by Gasteiger charge is -2.29. The van der Waals surface area contributed by atoms with E-state index in [2.05, 4.69) is 10.0 Å². The second kappa shape index (κ2) is 6.84. The summed E-state index contributed by atoms with van der Waals surface area (Å²) in [5.74, 6) is -1.25. The Balaban J connectivity index is 1.66. The van der Waals surface area contributed by atoms with Gasteiger partial charge >= 0.3 is 5.97 Å². The van der Waals surface area contributed by atoms with Gasteiger partial charge in [0.15, 0.2) is 0 Å². The van der Waals surface area contributed by atoms with Crippen LogP contribution in [-0.4, -0.2) is 56.0 Å². The first-order valence-electron chi connectivity index (χ1n) is 7.20. The molecule has 1 aliphatic heterocycles. The first-order valence-corrected chi connectivity index (χ1v) is 8.64. The molecule has 1 saturated carbocycles. The fraction of sp³-hybridized carbons (Fsp3) is 0.917. The lowest BCUT2D eigenvalue weighted by Crippen LogP contribution is -2.46. The number of nitrogens with one attached hydrogen (secondary N) is 2. The maximum atomic E-state index is 12.0. The van der Waals surface area contributed by atoms with Gasteiger partial charge in [-0.05, 0) is 38.6 Å². The molecule has 0 aromatic rings. The fourth-order valence-corrected chi connectivity index (χ4v) is 3.59. The topological polar surface area (TPSA) is 98.7 Å². The molecular weight excluding hydrogens is 282 g/mol. The van der Waals surface area contributed by atoms with Gasteiger partial charge in [0.1, 0.15) is 0 Å². The average molecular weight is 305 g/mol. The van der Waals surface area contributed by atoms with E-state index >= 15 is 0 Å². The first-order chi connectivity index (χ1) is 9.49. The molecule has 2 rings (SSSR count). The molecule has 116 valence electrons. The maximum absolute atomic E-state index is 12.0. The van der Waals surface area contributed by atoms with Crippen molar-refractivity contribution in [3.63, 3.8) is 0 Å². The minimum atomic E-state index is -3.45. The average Bonchev–Trinajstić information content (AvgIpc) is 3.22. The third-order valence-electron chi connectivity index (χ3n) is 3.79. The molecule has 1 saturated heterocycles. The van der Waals surface area contributed by atoms with E-state index in [0.29, 0.717) is 25.4 Å². The molecule has 2 fully saturated rings. The van der Waals surface area contributed by atoms with Gasteiger partial charge in [0.25, 0.3) is 10.2 Å². The van der Waals surface area contributed by atoms with Gasteiger partial charge in [-0.25, -0.2) is 4.72 Å². The van der Waals surface area contributed by atoms with Crippen LogP contribution >= 0.6 is 0 Å². The smallest absolute Gasteiger partial charge is 0.306 e. The van der Waals surface area contributed by atoms with E-state index in [1.807, 2.05) is 0 Å². The zero-order valence-electron chi connectivity index (χ0n) is 11.5. The van der Waals surface area contributed by atoms with Crippen molar-refractivity contribution in [2.75, 3.05) is 26.2 Å². The molecule has 3 N–H and O–H groups in total. The molecular formula is C12H23N3O4S. The lowest BCUT2D eigenvalue weighted by atomic mass is 9.99. The van der Waals surface area contributed by atoms with Crippen molar-refractivity contribution in [1.82, 2.24) is 14.3 Å². The van der Waals surface area contributed by atoms with Gasteiger partial charge in [-0.1, -0.05) is 0 Å². The van der Waals surface area contributed by atoms with Gasteiger partial charge in [-0.15, -0.1) is 0 Å². The van der Waals surface area contributed by atoms with E-state index in [1.54, 1.807) is 0 Å². The number of hydrogen-bond donors (Lipinski definition) is 3. The van der Waals surface area contributed by atoms with Crippen molar-refractivity contribution in [3.8, 4) is 0 Å². The minimum Gasteiger partial charge on any atom is -0.481 e. The molecule has 0 unspecified atom stereocenters. The van der Waals surface area contributed by atoms with Crippen molar-refractivity contribution in [1.29, 1.82) is 0 Å². The number of piperidine rings is 1. The number of rotatable bonds is 8. The van der Waals surface area contributed by atoms with Crippen molar-refractivity contribution >= 4 is 16.2 Å². The van der Waals surface area contributed by atoms with Crippen LogP contribution in [-0.2, 0) is 15.0 Å². The van der Waals surface area contributed by atoms with E-state index in [9.17, 15) is 13.2 Å². The van der Waals surface area contributed by atoms with Crippen LogP contribution in [0.2, 0.25) is 0 Å². The summed E-state index contributed by atoms with van der Waals surface area (Å²) in [7, 11) is -3.45. The summed E-state index contributed by atoms with van der Waals surface area (Å²) in [4.78, 5) is 10.8. The summed E-state index contributed by atoms with van der Waals surface area (Å²) in [5, 5.41) is 12.2. The van der Waals surface area contributed by atoms with Gasteiger partial charge in [-0.2, -0.15) is 12.7 Å². The zero-order chi connectivity index (χ0) is 14.6. The summed E-state index contributed by atoms with van der Waals surface area (Å²) in [6.45, 7) is 1.81. The molecule has 0 aromatic heterocycles. The molecule has 8 heteroatoms. The molecule has 0 aromatic carbocycles. The largest absolute Gasteiger partial charge is 0.481 e. The highest BCUT2D eigenvalue weighted by molar-refractivity contribution is 7.87. The Morgan fingerprint density at radius 1 is 1.15 bits per heavy atom. The van der Waals surface area contributed by atoms with E-state index in [4.69, 9.17) is 5.11 Å². The van der Waals surface area contributed by atoms with Gasteiger partial charge in [0.2, 0.25) is 0 Å².